The number of nitrogens with zero attached hydrogens (tertiary/aromatic N) is 3. The largest absolute Gasteiger partial charge is 0.497 e. The molecule has 0 spiro atoms. The second kappa shape index (κ2) is 9.41. The summed E-state index contributed by atoms with van der Waals surface area (Å²) in [7, 11) is 1.62. The highest BCUT2D eigenvalue weighted by Gasteiger charge is 2.32. The third-order valence-corrected chi connectivity index (χ3v) is 5.45. The van der Waals surface area contributed by atoms with E-state index >= 15 is 0 Å². The lowest BCUT2D eigenvalue weighted by Gasteiger charge is -2.33. The first-order valence-electron chi connectivity index (χ1n) is 11.0. The van der Waals surface area contributed by atoms with E-state index in [1.54, 1.807) is 31.5 Å². The minimum Gasteiger partial charge on any atom is -0.497 e. The van der Waals surface area contributed by atoms with Crippen molar-refractivity contribution in [3.63, 3.8) is 0 Å². The maximum Gasteiger partial charge on any atom is 0.227 e. The fraction of sp³-hybridized carbons (Fsp3) is 0.240. The Morgan fingerprint density at radius 3 is 2.46 bits per heavy atom. The molecule has 10 heteroatoms. The molecule has 0 unspecified atom stereocenters. The van der Waals surface area contributed by atoms with Crippen LogP contribution in [0.1, 0.15) is 19.0 Å². The minimum absolute atomic E-state index is 0.322. The molecule has 0 amide bonds. The molecule has 35 heavy (non-hydrogen) atoms. The number of rotatable bonds is 6. The molecule has 180 valence electrons. The van der Waals surface area contributed by atoms with E-state index in [0.717, 1.165) is 11.4 Å². The summed E-state index contributed by atoms with van der Waals surface area (Å²) in [5.74, 6) is 1.29. The van der Waals surface area contributed by atoms with Gasteiger partial charge in [-0.15, -0.1) is 0 Å². The summed E-state index contributed by atoms with van der Waals surface area (Å²) in [5, 5.41) is 3.19. The number of halogens is 1. The van der Waals surface area contributed by atoms with Gasteiger partial charge in [0, 0.05) is 17.4 Å². The van der Waals surface area contributed by atoms with Gasteiger partial charge in [0.2, 0.25) is 12.2 Å². The first kappa shape index (κ1) is 22.9. The van der Waals surface area contributed by atoms with Gasteiger partial charge < -0.3 is 30.2 Å². The number of anilines is 2. The predicted molar refractivity (Wildman–Crippen MR) is 129 cm³/mol. The SMILES string of the molecule is COc1ccc(Nc2nccc(-c3[nH]c(C4OCC(C)(N)CO4)nc3-c3ccc(F)cc3)n2)cc1. The molecule has 1 aliphatic rings. The van der Waals surface area contributed by atoms with E-state index in [4.69, 9.17) is 24.9 Å². The summed E-state index contributed by atoms with van der Waals surface area (Å²) in [6, 6.07) is 15.3. The number of ether oxygens (including phenoxy) is 3. The van der Waals surface area contributed by atoms with Gasteiger partial charge in [0.1, 0.15) is 11.6 Å². The van der Waals surface area contributed by atoms with Gasteiger partial charge in [0.15, 0.2) is 5.82 Å². The van der Waals surface area contributed by atoms with E-state index in [0.29, 0.717) is 47.6 Å². The number of aromatic amines is 1. The average molecular weight is 477 g/mol. The number of H-pyrrole nitrogens is 1. The second-order valence-corrected chi connectivity index (χ2v) is 8.58. The lowest BCUT2D eigenvalue weighted by molar-refractivity contribution is -0.211. The molecule has 0 radical (unpaired) electrons. The van der Waals surface area contributed by atoms with Crippen LogP contribution in [0.5, 0.6) is 5.75 Å². The van der Waals surface area contributed by atoms with Crippen molar-refractivity contribution in [1.29, 1.82) is 0 Å². The first-order valence-corrected chi connectivity index (χ1v) is 11.0. The quantitative estimate of drug-likeness (QED) is 0.379. The van der Waals surface area contributed by atoms with E-state index < -0.39 is 11.8 Å². The fourth-order valence-electron chi connectivity index (χ4n) is 3.65. The number of hydrogen-bond acceptors (Lipinski definition) is 8. The Bertz CT molecular complexity index is 1300. The molecule has 0 atom stereocenters. The van der Waals surface area contributed by atoms with Crippen LogP contribution in [0.2, 0.25) is 0 Å². The third-order valence-electron chi connectivity index (χ3n) is 5.45. The highest BCUT2D eigenvalue weighted by molar-refractivity contribution is 5.77. The molecule has 1 fully saturated rings. The Kier molecular flexibility index (Phi) is 6.16. The van der Waals surface area contributed by atoms with Crippen LogP contribution >= 0.6 is 0 Å². The number of aromatic nitrogens is 4. The average Bonchev–Trinajstić information content (AvgIpc) is 3.31. The van der Waals surface area contributed by atoms with Crippen LogP contribution in [-0.4, -0.2) is 45.8 Å². The third kappa shape index (κ3) is 5.14. The van der Waals surface area contributed by atoms with Gasteiger partial charge in [-0.2, -0.15) is 0 Å². The Hall–Kier alpha value is -3.86. The molecule has 4 N–H and O–H groups in total. The molecule has 9 nitrogen and oxygen atoms in total. The number of hydrogen-bond donors (Lipinski definition) is 3. The topological polar surface area (TPSA) is 120 Å². The Morgan fingerprint density at radius 1 is 1.06 bits per heavy atom. The zero-order valence-electron chi connectivity index (χ0n) is 19.3. The summed E-state index contributed by atoms with van der Waals surface area (Å²) in [6.45, 7) is 2.50. The van der Waals surface area contributed by atoms with Gasteiger partial charge >= 0.3 is 0 Å². The molecule has 0 bridgehead atoms. The van der Waals surface area contributed by atoms with Crippen molar-refractivity contribution < 1.29 is 18.6 Å². The molecule has 1 saturated heterocycles. The molecule has 4 aromatic rings. The van der Waals surface area contributed by atoms with Crippen LogP contribution in [-0.2, 0) is 9.47 Å². The standard InChI is InChI=1S/C25H25FN6O3/c1-25(27)13-34-23(35-14-25)22-31-20(15-3-5-16(26)6-4-15)21(32-22)19-11-12-28-24(30-19)29-17-7-9-18(33-2)10-8-17/h3-12,23H,13-14,27H2,1-2H3,(H,31,32)(H,28,29,30). The summed E-state index contributed by atoms with van der Waals surface area (Å²) in [5.41, 5.74) is 8.85. The molecule has 2 aromatic carbocycles. The lowest BCUT2D eigenvalue weighted by atomic mass is 10.1. The molecule has 0 saturated carbocycles. The number of methoxy groups -OCH3 is 1. The van der Waals surface area contributed by atoms with Crippen LogP contribution in [0.3, 0.4) is 0 Å². The van der Waals surface area contributed by atoms with Crippen molar-refractivity contribution in [3.05, 3.63) is 72.4 Å². The summed E-state index contributed by atoms with van der Waals surface area (Å²) >= 11 is 0. The van der Waals surface area contributed by atoms with Gasteiger partial charge in [-0.05, 0) is 61.5 Å². The number of nitrogens with one attached hydrogen (secondary N) is 2. The van der Waals surface area contributed by atoms with Crippen LogP contribution in [0.15, 0.2) is 60.8 Å². The summed E-state index contributed by atoms with van der Waals surface area (Å²) < 4.78 is 30.4. The van der Waals surface area contributed by atoms with Gasteiger partial charge in [-0.1, -0.05) is 0 Å². The zero-order valence-corrected chi connectivity index (χ0v) is 19.3. The maximum atomic E-state index is 13.6. The summed E-state index contributed by atoms with van der Waals surface area (Å²) in [6.07, 6.45) is 0.940. The normalized spacial score (nSPS) is 19.9. The van der Waals surface area contributed by atoms with Gasteiger partial charge in [-0.25, -0.2) is 19.3 Å². The lowest BCUT2D eigenvalue weighted by Crippen LogP contribution is -2.50. The van der Waals surface area contributed by atoms with Crippen molar-refractivity contribution >= 4 is 11.6 Å². The second-order valence-electron chi connectivity index (χ2n) is 8.58. The molecule has 2 aromatic heterocycles. The molecule has 1 aliphatic heterocycles. The molecule has 0 aliphatic carbocycles. The number of benzene rings is 2. The van der Waals surface area contributed by atoms with Crippen LogP contribution in [0, 0.1) is 5.82 Å². The highest BCUT2D eigenvalue weighted by atomic mass is 19.1. The Balaban J connectivity index is 1.49. The van der Waals surface area contributed by atoms with Crippen molar-refractivity contribution in [2.75, 3.05) is 25.6 Å². The van der Waals surface area contributed by atoms with Crippen LogP contribution < -0.4 is 15.8 Å². The van der Waals surface area contributed by atoms with E-state index in [-0.39, 0.29) is 5.82 Å². The van der Waals surface area contributed by atoms with Gasteiger partial charge in [-0.3, -0.25) is 0 Å². The highest BCUT2D eigenvalue weighted by Crippen LogP contribution is 2.33. The molecular formula is C25H25FN6O3. The maximum absolute atomic E-state index is 13.6. The van der Waals surface area contributed by atoms with Gasteiger partial charge in [0.05, 0.1) is 42.9 Å². The molecule has 3 heterocycles. The number of nitrogens with two attached hydrogens (primary N) is 1. The molecular weight excluding hydrogens is 451 g/mol. The van der Waals surface area contributed by atoms with E-state index in [1.807, 2.05) is 31.2 Å². The van der Waals surface area contributed by atoms with Crippen LogP contribution in [0.25, 0.3) is 22.6 Å². The fourth-order valence-corrected chi connectivity index (χ4v) is 3.65. The van der Waals surface area contributed by atoms with Gasteiger partial charge in [0.25, 0.3) is 0 Å². The van der Waals surface area contributed by atoms with Crippen molar-refractivity contribution in [3.8, 4) is 28.4 Å². The van der Waals surface area contributed by atoms with Crippen molar-refractivity contribution in [2.45, 2.75) is 18.8 Å². The number of imidazole rings is 1. The minimum atomic E-state index is -0.710. The first-order chi connectivity index (χ1) is 16.9. The van der Waals surface area contributed by atoms with E-state index in [9.17, 15) is 4.39 Å². The van der Waals surface area contributed by atoms with Crippen molar-refractivity contribution in [1.82, 2.24) is 19.9 Å². The zero-order chi connectivity index (χ0) is 24.4. The van der Waals surface area contributed by atoms with E-state index in [2.05, 4.69) is 20.3 Å². The smallest absolute Gasteiger partial charge is 0.227 e. The predicted octanol–water partition coefficient (Wildman–Crippen LogP) is 4.19. The Labute approximate surface area is 201 Å². The Morgan fingerprint density at radius 2 is 1.77 bits per heavy atom. The monoisotopic (exact) mass is 476 g/mol. The summed E-state index contributed by atoms with van der Waals surface area (Å²) in [4.78, 5) is 17.0. The molecule has 5 rings (SSSR count). The van der Waals surface area contributed by atoms with Crippen molar-refractivity contribution in [2.24, 2.45) is 5.73 Å². The van der Waals surface area contributed by atoms with Crippen LogP contribution in [0.4, 0.5) is 16.0 Å². The van der Waals surface area contributed by atoms with E-state index in [1.165, 1.54) is 12.1 Å².